The number of fused-ring (bicyclic) bond motifs is 1. The molecule has 0 saturated heterocycles. The van der Waals surface area contributed by atoms with Crippen LogP contribution in [0.5, 0.6) is 11.5 Å². The molecule has 1 aliphatic rings. The molecule has 0 spiro atoms. The Labute approximate surface area is 123 Å². The highest BCUT2D eigenvalue weighted by Crippen LogP contribution is 2.34. The van der Waals surface area contributed by atoms with Gasteiger partial charge in [0, 0.05) is 16.5 Å². The van der Waals surface area contributed by atoms with E-state index in [0.717, 1.165) is 0 Å². The summed E-state index contributed by atoms with van der Waals surface area (Å²) < 4.78 is 35.0. The lowest BCUT2D eigenvalue weighted by molar-refractivity contribution is 0.331. The monoisotopic (exact) mass is 302 g/mol. The summed E-state index contributed by atoms with van der Waals surface area (Å²) in [6.07, 6.45) is 0. The number of benzene rings is 2. The van der Waals surface area contributed by atoms with Crippen LogP contribution < -0.4 is 9.47 Å². The van der Waals surface area contributed by atoms with Gasteiger partial charge in [-0.1, -0.05) is 30.3 Å². The Morgan fingerprint density at radius 3 is 2.38 bits per heavy atom. The summed E-state index contributed by atoms with van der Waals surface area (Å²) >= 11 is 0. The van der Waals surface area contributed by atoms with Gasteiger partial charge in [0.15, 0.2) is 11.5 Å². The summed E-state index contributed by atoms with van der Waals surface area (Å²) in [5.41, 5.74) is 1.35. The number of hydrogen-bond acceptors (Lipinski definition) is 4. The summed E-state index contributed by atoms with van der Waals surface area (Å²) in [5, 5.41) is 1.27. The second-order valence-corrected chi connectivity index (χ2v) is 6.39. The molecule has 1 heterocycles. The lowest BCUT2D eigenvalue weighted by atomic mass is 10.1. The van der Waals surface area contributed by atoms with Gasteiger partial charge in [-0.15, -0.1) is 0 Å². The van der Waals surface area contributed by atoms with Crippen molar-refractivity contribution < 1.29 is 17.9 Å². The van der Waals surface area contributed by atoms with Crippen LogP contribution in [0.3, 0.4) is 0 Å². The molecular weight excluding hydrogens is 288 g/mol. The zero-order valence-corrected chi connectivity index (χ0v) is 12.3. The van der Waals surface area contributed by atoms with Crippen LogP contribution in [0.2, 0.25) is 0 Å². The molecule has 2 aromatic rings. The van der Waals surface area contributed by atoms with E-state index in [2.05, 4.69) is 0 Å². The molecule has 21 heavy (non-hydrogen) atoms. The molecule has 0 saturated carbocycles. The quantitative estimate of drug-likeness (QED) is 0.871. The third kappa shape index (κ3) is 2.52. The molecule has 0 N–H and O–H groups in total. The average molecular weight is 302 g/mol. The first-order chi connectivity index (χ1) is 10.1. The van der Waals surface area contributed by atoms with E-state index in [1.807, 2.05) is 18.2 Å². The molecular formula is C16H14O4S. The van der Waals surface area contributed by atoms with Crippen LogP contribution in [0.25, 0.3) is 5.57 Å². The summed E-state index contributed by atoms with van der Waals surface area (Å²) in [7, 11) is -1.78. The molecule has 5 heteroatoms. The van der Waals surface area contributed by atoms with E-state index in [1.165, 1.54) is 5.41 Å². The highest BCUT2D eigenvalue weighted by atomic mass is 32.2. The standard InChI is InChI=1S/C16H14O4S/c1-19-14-7-3-4-8-15(14)20-10-12-11-21(17,18)16-9-5-2-6-13(12)16/h2-9,11H,10H2,1H3. The lowest BCUT2D eigenvalue weighted by Gasteiger charge is -2.11. The molecule has 0 atom stereocenters. The molecule has 108 valence electrons. The van der Waals surface area contributed by atoms with E-state index in [4.69, 9.17) is 9.47 Å². The van der Waals surface area contributed by atoms with E-state index in [1.54, 1.807) is 37.4 Å². The Bertz CT molecular complexity index is 807. The van der Waals surface area contributed by atoms with Crippen LogP contribution >= 0.6 is 0 Å². The molecule has 1 aliphatic heterocycles. The summed E-state index contributed by atoms with van der Waals surface area (Å²) in [5.74, 6) is 1.20. The highest BCUT2D eigenvalue weighted by Gasteiger charge is 2.26. The molecule has 4 nitrogen and oxygen atoms in total. The normalized spacial score (nSPS) is 15.2. The van der Waals surface area contributed by atoms with Crippen molar-refractivity contribution in [2.24, 2.45) is 0 Å². The van der Waals surface area contributed by atoms with Crippen LogP contribution in [-0.4, -0.2) is 22.1 Å². The Balaban J connectivity index is 1.87. The van der Waals surface area contributed by atoms with Crippen molar-refractivity contribution in [2.45, 2.75) is 4.90 Å². The fourth-order valence-electron chi connectivity index (χ4n) is 2.30. The van der Waals surface area contributed by atoms with Gasteiger partial charge in [0.25, 0.3) is 0 Å². The van der Waals surface area contributed by atoms with Gasteiger partial charge in [0.05, 0.1) is 12.0 Å². The number of sulfone groups is 1. The molecule has 0 unspecified atom stereocenters. The zero-order valence-electron chi connectivity index (χ0n) is 11.4. The van der Waals surface area contributed by atoms with Crippen LogP contribution in [0.1, 0.15) is 5.56 Å². The fourth-order valence-corrected chi connectivity index (χ4v) is 3.77. The maximum atomic E-state index is 12.0. The number of methoxy groups -OCH3 is 1. The molecule has 0 amide bonds. The van der Waals surface area contributed by atoms with Gasteiger partial charge in [-0.05, 0) is 18.2 Å². The Morgan fingerprint density at radius 1 is 0.952 bits per heavy atom. The van der Waals surface area contributed by atoms with Crippen molar-refractivity contribution in [1.82, 2.24) is 0 Å². The molecule has 3 rings (SSSR count). The van der Waals surface area contributed by atoms with Gasteiger partial charge < -0.3 is 9.47 Å². The van der Waals surface area contributed by atoms with Crippen LogP contribution in [0.4, 0.5) is 0 Å². The van der Waals surface area contributed by atoms with Gasteiger partial charge in [-0.3, -0.25) is 0 Å². The van der Waals surface area contributed by atoms with Gasteiger partial charge in [-0.2, -0.15) is 0 Å². The van der Waals surface area contributed by atoms with Crippen molar-refractivity contribution in [3.63, 3.8) is 0 Å². The van der Waals surface area contributed by atoms with E-state index in [9.17, 15) is 8.42 Å². The zero-order chi connectivity index (χ0) is 14.9. The minimum Gasteiger partial charge on any atom is -0.493 e. The van der Waals surface area contributed by atoms with Gasteiger partial charge in [0.2, 0.25) is 9.84 Å². The Morgan fingerprint density at radius 2 is 1.62 bits per heavy atom. The van der Waals surface area contributed by atoms with E-state index in [0.29, 0.717) is 27.5 Å². The smallest absolute Gasteiger partial charge is 0.200 e. The van der Waals surface area contributed by atoms with Crippen LogP contribution in [0.15, 0.2) is 58.8 Å². The van der Waals surface area contributed by atoms with Crippen molar-refractivity contribution in [3.05, 3.63) is 59.5 Å². The molecule has 0 bridgehead atoms. The topological polar surface area (TPSA) is 52.6 Å². The van der Waals surface area contributed by atoms with Crippen molar-refractivity contribution >= 4 is 15.4 Å². The van der Waals surface area contributed by atoms with Gasteiger partial charge >= 0.3 is 0 Å². The maximum Gasteiger partial charge on any atom is 0.200 e. The molecule has 0 radical (unpaired) electrons. The number of ether oxygens (including phenoxy) is 2. The Kier molecular flexibility index (Phi) is 3.43. The maximum absolute atomic E-state index is 12.0. The van der Waals surface area contributed by atoms with Crippen molar-refractivity contribution in [2.75, 3.05) is 13.7 Å². The highest BCUT2D eigenvalue weighted by molar-refractivity contribution is 7.95. The molecule has 2 aromatic carbocycles. The molecule has 0 fully saturated rings. The second-order valence-electron chi connectivity index (χ2n) is 4.62. The first-order valence-electron chi connectivity index (χ1n) is 6.43. The first-order valence-corrected chi connectivity index (χ1v) is 7.97. The van der Waals surface area contributed by atoms with Gasteiger partial charge in [0.1, 0.15) is 6.61 Å². The minimum atomic E-state index is -3.35. The van der Waals surface area contributed by atoms with Crippen LogP contribution in [-0.2, 0) is 9.84 Å². The summed E-state index contributed by atoms with van der Waals surface area (Å²) in [6.45, 7) is 0.177. The summed E-state index contributed by atoms with van der Waals surface area (Å²) in [6, 6.07) is 14.2. The summed E-state index contributed by atoms with van der Waals surface area (Å²) in [4.78, 5) is 0.337. The van der Waals surface area contributed by atoms with Gasteiger partial charge in [-0.25, -0.2) is 8.42 Å². The second kappa shape index (κ2) is 5.26. The van der Waals surface area contributed by atoms with E-state index >= 15 is 0 Å². The van der Waals surface area contributed by atoms with Crippen LogP contribution in [0, 0.1) is 0 Å². The van der Waals surface area contributed by atoms with E-state index < -0.39 is 9.84 Å². The first kappa shape index (κ1) is 13.7. The van der Waals surface area contributed by atoms with Crippen molar-refractivity contribution in [3.8, 4) is 11.5 Å². The predicted molar refractivity (Wildman–Crippen MR) is 80.1 cm³/mol. The number of para-hydroxylation sites is 2. The number of hydrogen-bond donors (Lipinski definition) is 0. The fraction of sp³-hybridized carbons (Fsp3) is 0.125. The SMILES string of the molecule is COc1ccccc1OCC1=CS(=O)(=O)c2ccccc21. The molecule has 0 aliphatic carbocycles. The third-order valence-electron chi connectivity index (χ3n) is 3.29. The average Bonchev–Trinajstić information content (AvgIpc) is 2.77. The predicted octanol–water partition coefficient (Wildman–Crippen LogP) is 2.90. The Hall–Kier alpha value is -2.27. The lowest BCUT2D eigenvalue weighted by Crippen LogP contribution is -2.01. The van der Waals surface area contributed by atoms with Crippen molar-refractivity contribution in [1.29, 1.82) is 0 Å². The third-order valence-corrected chi connectivity index (χ3v) is 4.85. The number of rotatable bonds is 4. The minimum absolute atomic E-state index is 0.177. The largest absolute Gasteiger partial charge is 0.493 e. The molecule has 0 aromatic heterocycles. The van der Waals surface area contributed by atoms with E-state index in [-0.39, 0.29) is 6.61 Å².